The first kappa shape index (κ1) is 11.0. The Hall–Kier alpha value is -1.10. The molecule has 2 aliphatic rings. The molecule has 0 saturated carbocycles. The number of aliphatic hydroxyl groups is 1. The van der Waals surface area contributed by atoms with E-state index in [2.05, 4.69) is 23.5 Å². The van der Waals surface area contributed by atoms with Gasteiger partial charge in [0.05, 0.1) is 24.9 Å². The second-order valence-electron chi connectivity index (χ2n) is 4.84. The van der Waals surface area contributed by atoms with Gasteiger partial charge in [0, 0.05) is 17.7 Å². The molecule has 3 atom stereocenters. The standard InChI is InChI=1S/C13H18N2O2/c14-4-3-8-1-2-10-9(5-8)13-6-11(15-10)12(16)7-17-13/h1-2,5,11-13,15-16H,3-4,6-7,14H2/t11-,12-,13-/m1/s1. The van der Waals surface area contributed by atoms with Gasteiger partial charge in [0.1, 0.15) is 0 Å². The number of anilines is 1. The molecule has 1 aromatic carbocycles. The van der Waals surface area contributed by atoms with Gasteiger partial charge in [-0.1, -0.05) is 12.1 Å². The Bertz CT molecular complexity index is 422. The summed E-state index contributed by atoms with van der Waals surface area (Å²) in [6, 6.07) is 6.46. The number of fused-ring (bicyclic) bond motifs is 4. The summed E-state index contributed by atoms with van der Waals surface area (Å²) in [5.41, 5.74) is 9.12. The molecule has 2 aliphatic heterocycles. The molecule has 17 heavy (non-hydrogen) atoms. The van der Waals surface area contributed by atoms with Gasteiger partial charge in [-0.3, -0.25) is 0 Å². The monoisotopic (exact) mass is 234 g/mol. The van der Waals surface area contributed by atoms with Crippen molar-refractivity contribution in [3.05, 3.63) is 29.3 Å². The van der Waals surface area contributed by atoms with Crippen LogP contribution in [0.4, 0.5) is 5.69 Å². The molecule has 0 unspecified atom stereocenters. The molecule has 92 valence electrons. The van der Waals surface area contributed by atoms with Crippen LogP contribution in [-0.4, -0.2) is 30.4 Å². The molecule has 4 nitrogen and oxygen atoms in total. The van der Waals surface area contributed by atoms with E-state index in [4.69, 9.17) is 10.5 Å². The molecule has 2 heterocycles. The molecule has 1 fully saturated rings. The van der Waals surface area contributed by atoms with Gasteiger partial charge < -0.3 is 20.9 Å². The molecular weight excluding hydrogens is 216 g/mol. The lowest BCUT2D eigenvalue weighted by atomic mass is 9.89. The van der Waals surface area contributed by atoms with Crippen molar-refractivity contribution in [3.63, 3.8) is 0 Å². The third-order valence-corrected chi connectivity index (χ3v) is 3.64. The van der Waals surface area contributed by atoms with Crippen molar-refractivity contribution in [1.29, 1.82) is 0 Å². The summed E-state index contributed by atoms with van der Waals surface area (Å²) < 4.78 is 5.70. The van der Waals surface area contributed by atoms with E-state index >= 15 is 0 Å². The SMILES string of the molecule is NCCc1ccc2c(c1)[C@H]1C[C@@H](N2)[C@H](O)CO1. The minimum absolute atomic E-state index is 0.123. The number of nitrogens with two attached hydrogens (primary N) is 1. The van der Waals surface area contributed by atoms with E-state index in [0.717, 1.165) is 18.5 Å². The lowest BCUT2D eigenvalue weighted by Crippen LogP contribution is -2.45. The Morgan fingerprint density at radius 2 is 2.35 bits per heavy atom. The van der Waals surface area contributed by atoms with Crippen molar-refractivity contribution in [2.45, 2.75) is 31.1 Å². The molecule has 2 bridgehead atoms. The van der Waals surface area contributed by atoms with Crippen molar-refractivity contribution >= 4 is 5.69 Å². The second kappa shape index (κ2) is 4.29. The molecule has 4 heteroatoms. The van der Waals surface area contributed by atoms with Crippen molar-refractivity contribution in [2.75, 3.05) is 18.5 Å². The van der Waals surface area contributed by atoms with Gasteiger partial charge >= 0.3 is 0 Å². The average molecular weight is 234 g/mol. The highest BCUT2D eigenvalue weighted by molar-refractivity contribution is 5.57. The Labute approximate surface area is 101 Å². The minimum atomic E-state index is -0.400. The van der Waals surface area contributed by atoms with E-state index < -0.39 is 6.10 Å². The Morgan fingerprint density at radius 1 is 1.47 bits per heavy atom. The highest BCUT2D eigenvalue weighted by atomic mass is 16.5. The van der Waals surface area contributed by atoms with Crippen LogP contribution in [0.25, 0.3) is 0 Å². The van der Waals surface area contributed by atoms with Crippen LogP contribution >= 0.6 is 0 Å². The highest BCUT2D eigenvalue weighted by Crippen LogP contribution is 2.39. The summed E-state index contributed by atoms with van der Waals surface area (Å²) in [6.45, 7) is 1.09. The fourth-order valence-corrected chi connectivity index (χ4v) is 2.69. The van der Waals surface area contributed by atoms with Crippen molar-refractivity contribution in [1.82, 2.24) is 0 Å². The largest absolute Gasteiger partial charge is 0.389 e. The maximum absolute atomic E-state index is 9.78. The number of nitrogens with one attached hydrogen (secondary N) is 1. The summed E-state index contributed by atoms with van der Waals surface area (Å²) in [5, 5.41) is 13.2. The number of hydrogen-bond acceptors (Lipinski definition) is 4. The van der Waals surface area contributed by atoms with Gasteiger partial charge in [0.2, 0.25) is 0 Å². The molecule has 1 aromatic rings. The smallest absolute Gasteiger partial charge is 0.0975 e. The Morgan fingerprint density at radius 3 is 3.18 bits per heavy atom. The van der Waals surface area contributed by atoms with E-state index in [0.29, 0.717) is 13.2 Å². The summed E-state index contributed by atoms with van der Waals surface area (Å²) >= 11 is 0. The quantitative estimate of drug-likeness (QED) is 0.708. The van der Waals surface area contributed by atoms with E-state index in [-0.39, 0.29) is 12.1 Å². The van der Waals surface area contributed by atoms with Crippen LogP contribution in [0.2, 0.25) is 0 Å². The highest BCUT2D eigenvalue weighted by Gasteiger charge is 2.36. The molecule has 3 rings (SSSR count). The third-order valence-electron chi connectivity index (χ3n) is 3.64. The van der Waals surface area contributed by atoms with Crippen LogP contribution in [0.1, 0.15) is 23.7 Å². The average Bonchev–Trinajstić information content (AvgIpc) is 2.35. The van der Waals surface area contributed by atoms with Crippen LogP contribution in [0.3, 0.4) is 0 Å². The molecule has 4 N–H and O–H groups in total. The first-order valence-corrected chi connectivity index (χ1v) is 6.17. The first-order chi connectivity index (χ1) is 8.28. The second-order valence-corrected chi connectivity index (χ2v) is 4.84. The fourth-order valence-electron chi connectivity index (χ4n) is 2.69. The van der Waals surface area contributed by atoms with E-state index in [1.165, 1.54) is 11.1 Å². The van der Waals surface area contributed by atoms with E-state index in [9.17, 15) is 5.11 Å². The molecule has 0 aliphatic carbocycles. The van der Waals surface area contributed by atoms with Crippen LogP contribution in [0, 0.1) is 0 Å². The zero-order chi connectivity index (χ0) is 11.8. The van der Waals surface area contributed by atoms with Crippen LogP contribution in [-0.2, 0) is 11.2 Å². The summed E-state index contributed by atoms with van der Waals surface area (Å²) in [7, 11) is 0. The van der Waals surface area contributed by atoms with Gasteiger partial charge in [0.15, 0.2) is 0 Å². The molecule has 0 radical (unpaired) electrons. The normalized spacial score (nSPS) is 30.6. The summed E-state index contributed by atoms with van der Waals surface area (Å²) in [6.07, 6.45) is 1.47. The summed E-state index contributed by atoms with van der Waals surface area (Å²) in [4.78, 5) is 0. The summed E-state index contributed by atoms with van der Waals surface area (Å²) in [5.74, 6) is 0. The topological polar surface area (TPSA) is 67.5 Å². The molecule has 0 spiro atoms. The first-order valence-electron chi connectivity index (χ1n) is 6.17. The number of benzene rings is 1. The zero-order valence-electron chi connectivity index (χ0n) is 9.73. The van der Waals surface area contributed by atoms with Crippen molar-refractivity contribution < 1.29 is 9.84 Å². The number of aliphatic hydroxyl groups excluding tert-OH is 1. The maximum Gasteiger partial charge on any atom is 0.0975 e. The van der Waals surface area contributed by atoms with Crippen molar-refractivity contribution in [2.24, 2.45) is 5.73 Å². The van der Waals surface area contributed by atoms with Gasteiger partial charge in [-0.2, -0.15) is 0 Å². The van der Waals surface area contributed by atoms with Crippen LogP contribution in [0.15, 0.2) is 18.2 Å². The van der Waals surface area contributed by atoms with Crippen LogP contribution in [0.5, 0.6) is 0 Å². The predicted octanol–water partition coefficient (Wildman–Crippen LogP) is 0.804. The lowest BCUT2D eigenvalue weighted by Gasteiger charge is -2.40. The van der Waals surface area contributed by atoms with Crippen molar-refractivity contribution in [3.8, 4) is 0 Å². The lowest BCUT2D eigenvalue weighted by molar-refractivity contribution is -0.0672. The van der Waals surface area contributed by atoms with Gasteiger partial charge in [-0.15, -0.1) is 0 Å². The van der Waals surface area contributed by atoms with Gasteiger partial charge in [0.25, 0.3) is 0 Å². The van der Waals surface area contributed by atoms with E-state index in [1.54, 1.807) is 0 Å². The molecule has 0 amide bonds. The van der Waals surface area contributed by atoms with E-state index in [1.807, 2.05) is 0 Å². The minimum Gasteiger partial charge on any atom is -0.389 e. The zero-order valence-corrected chi connectivity index (χ0v) is 9.73. The molecular formula is C13H18N2O2. The maximum atomic E-state index is 9.78. The predicted molar refractivity (Wildman–Crippen MR) is 65.9 cm³/mol. The number of ether oxygens (including phenoxy) is 1. The fraction of sp³-hybridized carbons (Fsp3) is 0.538. The third kappa shape index (κ3) is 1.92. The van der Waals surface area contributed by atoms with Gasteiger partial charge in [-0.05, 0) is 24.6 Å². The number of hydrogen-bond donors (Lipinski definition) is 3. The Balaban J connectivity index is 1.93. The van der Waals surface area contributed by atoms with Gasteiger partial charge in [-0.25, -0.2) is 0 Å². The van der Waals surface area contributed by atoms with Crippen LogP contribution < -0.4 is 11.1 Å². The molecule has 0 aromatic heterocycles. The Kier molecular flexibility index (Phi) is 2.78. The molecule has 1 saturated heterocycles. The number of rotatable bonds is 2.